The zero-order chi connectivity index (χ0) is 24.9. The highest BCUT2D eigenvalue weighted by molar-refractivity contribution is 7.89. The maximum Gasteiger partial charge on any atom is 0.256 e. The van der Waals surface area contributed by atoms with Crippen LogP contribution >= 0.6 is 0 Å². The van der Waals surface area contributed by atoms with Gasteiger partial charge in [-0.15, -0.1) is 0 Å². The highest BCUT2D eigenvalue weighted by atomic mass is 32.2. The molecule has 1 N–H and O–H groups in total. The number of hydrogen-bond donors (Lipinski definition) is 1. The number of carbonyl (C=O) groups is 1. The summed E-state index contributed by atoms with van der Waals surface area (Å²) in [5.41, 5.74) is 4.02. The SMILES string of the molecule is Cc1nn(C)c2nc(C3CC3)cc(C(=O)Nc3cc(S(=O)(=O)N4CCCCC4)ccc3N(C)C)c12. The van der Waals surface area contributed by atoms with Gasteiger partial charge >= 0.3 is 0 Å². The Bertz CT molecular complexity index is 1400. The molecule has 35 heavy (non-hydrogen) atoms. The summed E-state index contributed by atoms with van der Waals surface area (Å²) in [5.74, 6) is 0.0718. The van der Waals surface area contributed by atoms with Crippen LogP contribution in [0.2, 0.25) is 0 Å². The number of hydrogen-bond acceptors (Lipinski definition) is 6. The third-order valence-electron chi connectivity index (χ3n) is 6.88. The van der Waals surface area contributed by atoms with Gasteiger partial charge in [0.1, 0.15) is 0 Å². The van der Waals surface area contributed by atoms with E-state index in [0.29, 0.717) is 35.9 Å². The van der Waals surface area contributed by atoms with E-state index in [0.717, 1.165) is 54.6 Å². The lowest BCUT2D eigenvalue weighted by Gasteiger charge is -2.26. The maximum absolute atomic E-state index is 13.7. The highest BCUT2D eigenvalue weighted by Crippen LogP contribution is 2.40. The van der Waals surface area contributed by atoms with Gasteiger partial charge in [-0.1, -0.05) is 6.42 Å². The Morgan fingerprint density at radius 1 is 1.11 bits per heavy atom. The van der Waals surface area contributed by atoms with Crippen molar-refractivity contribution in [2.75, 3.05) is 37.4 Å². The minimum Gasteiger partial charge on any atom is -0.376 e. The van der Waals surface area contributed by atoms with Crippen LogP contribution < -0.4 is 10.2 Å². The number of benzene rings is 1. The molecule has 0 atom stereocenters. The lowest BCUT2D eigenvalue weighted by atomic mass is 10.1. The molecule has 1 saturated carbocycles. The van der Waals surface area contributed by atoms with Crippen molar-refractivity contribution in [1.29, 1.82) is 0 Å². The number of aromatic nitrogens is 3. The maximum atomic E-state index is 13.7. The molecule has 1 aliphatic carbocycles. The first-order valence-corrected chi connectivity index (χ1v) is 13.6. The number of amides is 1. The Balaban J connectivity index is 1.55. The Kier molecular flexibility index (Phi) is 6.04. The van der Waals surface area contributed by atoms with Crippen LogP contribution in [0.25, 0.3) is 11.0 Å². The van der Waals surface area contributed by atoms with Gasteiger partial charge < -0.3 is 10.2 Å². The average Bonchev–Trinajstić information content (AvgIpc) is 3.65. The molecule has 5 rings (SSSR count). The number of sulfonamides is 1. The van der Waals surface area contributed by atoms with E-state index in [-0.39, 0.29) is 10.8 Å². The molecule has 3 aromatic rings. The quantitative estimate of drug-likeness (QED) is 0.559. The van der Waals surface area contributed by atoms with Crippen molar-refractivity contribution in [3.05, 3.63) is 41.2 Å². The van der Waals surface area contributed by atoms with Gasteiger partial charge in [-0.05, 0) is 56.9 Å². The third-order valence-corrected chi connectivity index (χ3v) is 8.77. The van der Waals surface area contributed by atoms with E-state index >= 15 is 0 Å². The largest absolute Gasteiger partial charge is 0.376 e. The van der Waals surface area contributed by atoms with Gasteiger partial charge in [-0.25, -0.2) is 13.4 Å². The minimum atomic E-state index is -3.63. The molecule has 1 aromatic carbocycles. The second kappa shape index (κ2) is 8.91. The Hall–Kier alpha value is -2.98. The van der Waals surface area contributed by atoms with Crippen LogP contribution in [0.1, 0.15) is 59.8 Å². The van der Waals surface area contributed by atoms with E-state index < -0.39 is 10.0 Å². The van der Waals surface area contributed by atoms with Crippen LogP contribution in [0.3, 0.4) is 0 Å². The normalized spacial score (nSPS) is 17.0. The van der Waals surface area contributed by atoms with Crippen LogP contribution in [0.4, 0.5) is 11.4 Å². The molecule has 1 amide bonds. The van der Waals surface area contributed by atoms with E-state index in [4.69, 9.17) is 4.98 Å². The molecule has 10 heteroatoms. The topological polar surface area (TPSA) is 100 Å². The number of pyridine rings is 1. The van der Waals surface area contributed by atoms with E-state index in [1.54, 1.807) is 27.2 Å². The van der Waals surface area contributed by atoms with Gasteiger partial charge in [0.05, 0.1) is 32.9 Å². The smallest absolute Gasteiger partial charge is 0.256 e. The Morgan fingerprint density at radius 3 is 2.49 bits per heavy atom. The van der Waals surface area contributed by atoms with Crippen molar-refractivity contribution < 1.29 is 13.2 Å². The number of carbonyl (C=O) groups excluding carboxylic acids is 1. The van der Waals surface area contributed by atoms with Crippen molar-refractivity contribution in [2.24, 2.45) is 7.05 Å². The van der Waals surface area contributed by atoms with Gasteiger partial charge in [0.15, 0.2) is 5.65 Å². The van der Waals surface area contributed by atoms with Gasteiger partial charge in [0.25, 0.3) is 5.91 Å². The molecule has 0 radical (unpaired) electrons. The van der Waals surface area contributed by atoms with Crippen LogP contribution in [-0.4, -0.2) is 60.6 Å². The number of fused-ring (bicyclic) bond motifs is 1. The fourth-order valence-corrected chi connectivity index (χ4v) is 6.39. The molecule has 186 valence electrons. The molecule has 3 heterocycles. The molecule has 0 spiro atoms. The minimum absolute atomic E-state index is 0.191. The molecule has 2 fully saturated rings. The van der Waals surface area contributed by atoms with Gasteiger partial charge in [-0.2, -0.15) is 9.40 Å². The number of piperidine rings is 1. The van der Waals surface area contributed by atoms with Crippen LogP contribution in [0.15, 0.2) is 29.2 Å². The number of nitrogens with one attached hydrogen (secondary N) is 1. The number of anilines is 2. The van der Waals surface area contributed by atoms with Gasteiger partial charge in [0, 0.05) is 45.8 Å². The Morgan fingerprint density at radius 2 is 1.83 bits per heavy atom. The second-order valence-corrected chi connectivity index (χ2v) is 11.7. The number of nitrogens with zero attached hydrogens (tertiary/aromatic N) is 5. The van der Waals surface area contributed by atoms with Crippen molar-refractivity contribution in [3.8, 4) is 0 Å². The lowest BCUT2D eigenvalue weighted by Crippen LogP contribution is -2.35. The van der Waals surface area contributed by atoms with E-state index in [1.807, 2.05) is 39.0 Å². The zero-order valence-corrected chi connectivity index (χ0v) is 21.5. The lowest BCUT2D eigenvalue weighted by molar-refractivity contribution is 0.102. The van der Waals surface area contributed by atoms with Crippen molar-refractivity contribution in [3.63, 3.8) is 0 Å². The summed E-state index contributed by atoms with van der Waals surface area (Å²) >= 11 is 0. The summed E-state index contributed by atoms with van der Waals surface area (Å²) in [4.78, 5) is 20.5. The molecule has 9 nitrogen and oxygen atoms in total. The van der Waals surface area contributed by atoms with E-state index in [2.05, 4.69) is 10.4 Å². The number of aryl methyl sites for hydroxylation is 2. The van der Waals surface area contributed by atoms with Crippen molar-refractivity contribution in [1.82, 2.24) is 19.1 Å². The summed E-state index contributed by atoms with van der Waals surface area (Å²) in [6, 6.07) is 6.82. The summed E-state index contributed by atoms with van der Waals surface area (Å²) in [7, 11) is 1.93. The van der Waals surface area contributed by atoms with E-state index in [9.17, 15) is 13.2 Å². The number of rotatable bonds is 6. The molecule has 1 saturated heterocycles. The van der Waals surface area contributed by atoms with Gasteiger partial charge in [0.2, 0.25) is 10.0 Å². The zero-order valence-electron chi connectivity index (χ0n) is 20.7. The van der Waals surface area contributed by atoms with Crippen LogP contribution in [0.5, 0.6) is 0 Å². The molecule has 1 aliphatic heterocycles. The van der Waals surface area contributed by atoms with Crippen molar-refractivity contribution >= 4 is 38.3 Å². The summed E-state index contributed by atoms with van der Waals surface area (Å²) in [6.45, 7) is 2.92. The van der Waals surface area contributed by atoms with Crippen molar-refractivity contribution in [2.45, 2.75) is 49.8 Å². The molecular formula is C25H32N6O3S. The first-order chi connectivity index (χ1) is 16.7. The van der Waals surface area contributed by atoms with Crippen LogP contribution in [-0.2, 0) is 17.1 Å². The van der Waals surface area contributed by atoms with E-state index in [1.165, 1.54) is 0 Å². The van der Waals surface area contributed by atoms with Crippen LogP contribution in [0, 0.1) is 6.92 Å². The first-order valence-electron chi connectivity index (χ1n) is 12.1. The molecular weight excluding hydrogens is 464 g/mol. The Labute approximate surface area is 206 Å². The predicted octanol–water partition coefficient (Wildman–Crippen LogP) is 3.65. The molecule has 2 aliphatic rings. The highest BCUT2D eigenvalue weighted by Gasteiger charge is 2.30. The summed E-state index contributed by atoms with van der Waals surface area (Å²) in [5, 5.41) is 8.22. The average molecular weight is 497 g/mol. The van der Waals surface area contributed by atoms with Gasteiger partial charge in [-0.3, -0.25) is 9.48 Å². The summed E-state index contributed by atoms with van der Waals surface area (Å²) in [6.07, 6.45) is 4.91. The fraction of sp³-hybridized carbons (Fsp3) is 0.480. The molecule has 0 bridgehead atoms. The molecule has 0 unspecified atom stereocenters. The monoisotopic (exact) mass is 496 g/mol. The standard InChI is InChI=1S/C25H32N6O3S/c1-16-23-19(15-20(17-8-9-17)26-24(23)30(4)28-16)25(32)27-21-14-18(10-11-22(21)29(2)3)35(33,34)31-12-6-5-7-13-31/h10-11,14-15,17H,5-9,12-13H2,1-4H3,(H,27,32). The fourth-order valence-electron chi connectivity index (χ4n) is 4.84. The summed E-state index contributed by atoms with van der Waals surface area (Å²) < 4.78 is 29.9. The molecule has 2 aromatic heterocycles. The third kappa shape index (κ3) is 4.40. The first kappa shape index (κ1) is 23.7. The predicted molar refractivity (Wildman–Crippen MR) is 137 cm³/mol. The second-order valence-electron chi connectivity index (χ2n) is 9.77.